The molecule has 0 amide bonds. The first kappa shape index (κ1) is 18.1. The second-order valence-corrected chi connectivity index (χ2v) is 7.33. The molecule has 0 aromatic rings. The maximum Gasteiger partial charge on any atom is 0.155 e. The molecule has 0 rings (SSSR count). The van der Waals surface area contributed by atoms with Crippen molar-refractivity contribution in [3.05, 3.63) is 0 Å². The summed E-state index contributed by atoms with van der Waals surface area (Å²) in [5.74, 6) is 0.479. The number of carbonyl (C=O) groups excluding carboxylic acids is 1. The van der Waals surface area contributed by atoms with Crippen molar-refractivity contribution in [3.8, 4) is 0 Å². The normalized spacial score (nSPS) is 14.2. The molecule has 0 spiro atoms. The predicted molar refractivity (Wildman–Crippen MR) is 81.5 cm³/mol. The summed E-state index contributed by atoms with van der Waals surface area (Å²) < 4.78 is 0. The Morgan fingerprint density at radius 2 is 1.68 bits per heavy atom. The number of unbranched alkanes of at least 4 members (excludes halogenated alkanes) is 1. The van der Waals surface area contributed by atoms with E-state index in [9.17, 15) is 4.79 Å². The maximum atomic E-state index is 12.4. The van der Waals surface area contributed by atoms with Gasteiger partial charge in [-0.05, 0) is 33.6 Å². The molecule has 0 unspecified atom stereocenters. The predicted octanol–water partition coefficient (Wildman–Crippen LogP) is 2.85. The molecule has 112 valence electrons. The van der Waals surface area contributed by atoms with E-state index >= 15 is 0 Å². The van der Waals surface area contributed by atoms with Gasteiger partial charge < -0.3 is 11.1 Å². The van der Waals surface area contributed by atoms with Crippen LogP contribution in [0.4, 0.5) is 0 Å². The Bertz CT molecular complexity index is 310. The highest BCUT2D eigenvalue weighted by molar-refractivity contribution is 5.88. The van der Waals surface area contributed by atoms with E-state index < -0.39 is 0 Å². The summed E-state index contributed by atoms with van der Waals surface area (Å²) in [5.41, 5.74) is 4.93. The lowest BCUT2D eigenvalue weighted by Gasteiger charge is -2.31. The minimum Gasteiger partial charge on any atom is -0.388 e. The molecular formula is C15H31N3O. The molecule has 4 nitrogen and oxygen atoms in total. The number of ketones is 1. The lowest BCUT2D eigenvalue weighted by molar-refractivity contribution is -0.129. The van der Waals surface area contributed by atoms with Gasteiger partial charge in [-0.1, -0.05) is 27.2 Å². The van der Waals surface area contributed by atoms with Crippen LogP contribution in [0.3, 0.4) is 0 Å². The monoisotopic (exact) mass is 269 g/mol. The summed E-state index contributed by atoms with van der Waals surface area (Å²) in [6.07, 6.45) is 3.21. The SMILES string of the molecule is CC(C)(C)N[C@@H](CCCCC(=N)N)C(=O)C(C)(C)C. The van der Waals surface area contributed by atoms with Crippen LogP contribution in [0.5, 0.6) is 0 Å². The molecule has 0 aliphatic heterocycles. The van der Waals surface area contributed by atoms with Gasteiger partial charge in [-0.3, -0.25) is 10.2 Å². The topological polar surface area (TPSA) is 79.0 Å². The van der Waals surface area contributed by atoms with Crippen molar-refractivity contribution < 1.29 is 4.79 Å². The highest BCUT2D eigenvalue weighted by Gasteiger charge is 2.31. The Hall–Kier alpha value is -0.900. The van der Waals surface area contributed by atoms with E-state index in [4.69, 9.17) is 11.1 Å². The van der Waals surface area contributed by atoms with Crippen LogP contribution in [0.25, 0.3) is 0 Å². The molecule has 0 radical (unpaired) electrons. The summed E-state index contributed by atoms with van der Waals surface area (Å²) in [6.45, 7) is 12.1. The van der Waals surface area contributed by atoms with Crippen molar-refractivity contribution in [1.82, 2.24) is 5.32 Å². The van der Waals surface area contributed by atoms with E-state index in [1.807, 2.05) is 20.8 Å². The highest BCUT2D eigenvalue weighted by atomic mass is 16.1. The Labute approximate surface area is 118 Å². The first-order valence-corrected chi connectivity index (χ1v) is 7.08. The zero-order chi connectivity index (χ0) is 15.3. The molecule has 1 atom stereocenters. The van der Waals surface area contributed by atoms with Crippen molar-refractivity contribution in [1.29, 1.82) is 5.41 Å². The third-order valence-electron chi connectivity index (χ3n) is 2.85. The largest absolute Gasteiger partial charge is 0.388 e. The molecular weight excluding hydrogens is 238 g/mol. The van der Waals surface area contributed by atoms with Gasteiger partial charge in [0.05, 0.1) is 11.9 Å². The molecule has 0 saturated heterocycles. The van der Waals surface area contributed by atoms with Gasteiger partial charge in [0, 0.05) is 17.4 Å². The molecule has 0 aliphatic carbocycles. The van der Waals surface area contributed by atoms with Crippen LogP contribution in [0.2, 0.25) is 0 Å². The van der Waals surface area contributed by atoms with Crippen molar-refractivity contribution in [3.63, 3.8) is 0 Å². The number of carbonyl (C=O) groups is 1. The van der Waals surface area contributed by atoms with E-state index in [0.29, 0.717) is 6.42 Å². The Kier molecular flexibility index (Phi) is 6.70. The summed E-state index contributed by atoms with van der Waals surface area (Å²) in [4.78, 5) is 12.4. The van der Waals surface area contributed by atoms with Crippen LogP contribution in [0.1, 0.15) is 67.2 Å². The van der Waals surface area contributed by atoms with E-state index in [2.05, 4.69) is 26.1 Å². The fourth-order valence-electron chi connectivity index (χ4n) is 1.98. The van der Waals surface area contributed by atoms with Crippen LogP contribution >= 0.6 is 0 Å². The van der Waals surface area contributed by atoms with Crippen LogP contribution in [-0.4, -0.2) is 23.2 Å². The van der Waals surface area contributed by atoms with Crippen LogP contribution in [0.15, 0.2) is 0 Å². The molecule has 0 aliphatic rings. The number of hydrogen-bond donors (Lipinski definition) is 3. The van der Waals surface area contributed by atoms with Crippen molar-refractivity contribution >= 4 is 11.6 Å². The molecule has 4 N–H and O–H groups in total. The zero-order valence-electron chi connectivity index (χ0n) is 13.4. The van der Waals surface area contributed by atoms with Gasteiger partial charge in [-0.25, -0.2) is 0 Å². The third-order valence-corrected chi connectivity index (χ3v) is 2.85. The zero-order valence-corrected chi connectivity index (χ0v) is 13.4. The number of hydrogen-bond acceptors (Lipinski definition) is 3. The first-order chi connectivity index (χ1) is 8.43. The molecule has 0 fully saturated rings. The van der Waals surface area contributed by atoms with Gasteiger partial charge in [0.2, 0.25) is 0 Å². The summed E-state index contributed by atoms with van der Waals surface area (Å²) in [5, 5.41) is 10.6. The Balaban J connectivity index is 4.52. The van der Waals surface area contributed by atoms with E-state index in [0.717, 1.165) is 19.3 Å². The molecule has 0 aromatic carbocycles. The van der Waals surface area contributed by atoms with Gasteiger partial charge in [0.25, 0.3) is 0 Å². The Morgan fingerprint density at radius 1 is 1.16 bits per heavy atom. The fraction of sp³-hybridized carbons (Fsp3) is 0.867. The van der Waals surface area contributed by atoms with Crippen molar-refractivity contribution in [2.45, 2.75) is 78.8 Å². The molecule has 0 aromatic heterocycles. The van der Waals surface area contributed by atoms with Crippen molar-refractivity contribution in [2.24, 2.45) is 11.1 Å². The van der Waals surface area contributed by atoms with Crippen molar-refractivity contribution in [2.75, 3.05) is 0 Å². The number of nitrogens with two attached hydrogens (primary N) is 1. The maximum absolute atomic E-state index is 12.4. The molecule has 19 heavy (non-hydrogen) atoms. The number of Topliss-reactive ketones (excluding diaryl/α,β-unsaturated/α-hetero) is 1. The average Bonchev–Trinajstić information content (AvgIpc) is 2.18. The second kappa shape index (κ2) is 7.04. The number of rotatable bonds is 7. The first-order valence-electron chi connectivity index (χ1n) is 7.08. The number of amidine groups is 1. The van der Waals surface area contributed by atoms with Gasteiger partial charge in [-0.15, -0.1) is 0 Å². The highest BCUT2D eigenvalue weighted by Crippen LogP contribution is 2.21. The van der Waals surface area contributed by atoms with Crippen LogP contribution in [-0.2, 0) is 4.79 Å². The van der Waals surface area contributed by atoms with Gasteiger partial charge in [-0.2, -0.15) is 0 Å². The van der Waals surface area contributed by atoms with E-state index in [1.54, 1.807) is 0 Å². The van der Waals surface area contributed by atoms with Crippen LogP contribution in [0, 0.1) is 10.8 Å². The summed E-state index contributed by atoms with van der Waals surface area (Å²) in [7, 11) is 0. The smallest absolute Gasteiger partial charge is 0.155 e. The molecule has 0 heterocycles. The van der Waals surface area contributed by atoms with Crippen LogP contribution < -0.4 is 11.1 Å². The van der Waals surface area contributed by atoms with Gasteiger partial charge >= 0.3 is 0 Å². The average molecular weight is 269 g/mol. The molecule has 0 saturated carbocycles. The summed E-state index contributed by atoms with van der Waals surface area (Å²) in [6, 6.07) is -0.119. The minimum atomic E-state index is -0.330. The number of nitrogens with one attached hydrogen (secondary N) is 2. The second-order valence-electron chi connectivity index (χ2n) is 7.33. The molecule has 4 heteroatoms. The minimum absolute atomic E-state index is 0.0772. The third kappa shape index (κ3) is 8.76. The van der Waals surface area contributed by atoms with E-state index in [1.165, 1.54) is 0 Å². The van der Waals surface area contributed by atoms with Gasteiger partial charge in [0.1, 0.15) is 0 Å². The quantitative estimate of drug-likeness (QED) is 0.378. The standard InChI is InChI=1S/C15H31N3O/c1-14(2,3)13(19)11(18-15(4,5)6)9-7-8-10-12(16)17/h11,18H,7-10H2,1-6H3,(H3,16,17)/t11-/m0/s1. The lowest BCUT2D eigenvalue weighted by Crippen LogP contribution is -2.50. The Morgan fingerprint density at radius 3 is 2.05 bits per heavy atom. The fourth-order valence-corrected chi connectivity index (χ4v) is 1.98. The van der Waals surface area contributed by atoms with Gasteiger partial charge in [0.15, 0.2) is 5.78 Å². The summed E-state index contributed by atoms with van der Waals surface area (Å²) >= 11 is 0. The lowest BCUT2D eigenvalue weighted by atomic mass is 9.83. The molecule has 0 bridgehead atoms. The van der Waals surface area contributed by atoms with E-state index in [-0.39, 0.29) is 28.6 Å².